The summed E-state index contributed by atoms with van der Waals surface area (Å²) < 4.78 is 9.57. The van der Waals surface area contributed by atoms with Crippen LogP contribution in [0.2, 0.25) is 0 Å². The third-order valence-corrected chi connectivity index (χ3v) is 1.43. The van der Waals surface area contributed by atoms with E-state index in [0.29, 0.717) is 0 Å². The van der Waals surface area contributed by atoms with Crippen LogP contribution in [0.3, 0.4) is 0 Å². The van der Waals surface area contributed by atoms with Crippen LogP contribution in [0, 0.1) is 0 Å². The van der Waals surface area contributed by atoms with Gasteiger partial charge in [-0.2, -0.15) is 0 Å². The zero-order valence-electron chi connectivity index (χ0n) is 6.83. The van der Waals surface area contributed by atoms with Gasteiger partial charge in [-0.15, -0.1) is 0 Å². The summed E-state index contributed by atoms with van der Waals surface area (Å²) in [5.41, 5.74) is 0.145. The minimum Gasteiger partial charge on any atom is -0.459 e. The lowest BCUT2D eigenvalue weighted by molar-refractivity contribution is -0.159. The molecule has 1 aliphatic heterocycles. The molecule has 66 valence electrons. The average molecular weight is 170 g/mol. The molecule has 4 nitrogen and oxygen atoms in total. The van der Waals surface area contributed by atoms with E-state index in [-0.39, 0.29) is 24.7 Å². The molecule has 0 aromatic heterocycles. The minimum atomic E-state index is -0.515. The van der Waals surface area contributed by atoms with Crippen molar-refractivity contribution in [2.75, 3.05) is 6.61 Å². The van der Waals surface area contributed by atoms with Crippen molar-refractivity contribution >= 4 is 11.9 Å². The number of esters is 2. The van der Waals surface area contributed by atoms with E-state index in [1.54, 1.807) is 6.92 Å². The number of ether oxygens (including phenoxy) is 2. The van der Waals surface area contributed by atoms with Crippen LogP contribution in [0.15, 0.2) is 12.2 Å². The number of carbonyl (C=O) groups is 2. The van der Waals surface area contributed by atoms with Crippen LogP contribution in [0.1, 0.15) is 13.3 Å². The van der Waals surface area contributed by atoms with Crippen molar-refractivity contribution in [1.29, 1.82) is 0 Å². The quantitative estimate of drug-likeness (QED) is 0.390. The fraction of sp³-hybridized carbons (Fsp3) is 0.500. The number of carbonyl (C=O) groups excluding carboxylic acids is 2. The molecule has 1 rings (SSSR count). The molecule has 0 radical (unpaired) electrons. The molecule has 0 spiro atoms. The highest BCUT2D eigenvalue weighted by atomic mass is 16.6. The number of hydrogen-bond donors (Lipinski definition) is 0. The summed E-state index contributed by atoms with van der Waals surface area (Å²) in [6.45, 7) is 5.16. The lowest BCUT2D eigenvalue weighted by Crippen LogP contribution is -2.27. The van der Waals surface area contributed by atoms with E-state index in [4.69, 9.17) is 9.47 Å². The summed E-state index contributed by atoms with van der Waals surface area (Å²) in [6, 6.07) is 0. The predicted molar refractivity (Wildman–Crippen MR) is 40.3 cm³/mol. The Morgan fingerprint density at radius 3 is 2.83 bits per heavy atom. The highest BCUT2D eigenvalue weighted by Crippen LogP contribution is 2.09. The van der Waals surface area contributed by atoms with Gasteiger partial charge in [-0.05, 0) is 6.92 Å². The van der Waals surface area contributed by atoms with E-state index in [1.165, 1.54) is 0 Å². The summed E-state index contributed by atoms with van der Waals surface area (Å²) in [7, 11) is 0. The maximum absolute atomic E-state index is 10.9. The molecule has 0 aliphatic carbocycles. The SMILES string of the molecule is C=C1CC(=O)OC(C)COC1=O. The molecule has 1 aliphatic rings. The van der Waals surface area contributed by atoms with Crippen LogP contribution in [0.4, 0.5) is 0 Å². The van der Waals surface area contributed by atoms with E-state index < -0.39 is 11.9 Å². The molecule has 0 saturated carbocycles. The summed E-state index contributed by atoms with van der Waals surface area (Å²) in [5, 5.41) is 0. The van der Waals surface area contributed by atoms with Crippen LogP contribution in [-0.4, -0.2) is 24.6 Å². The monoisotopic (exact) mass is 170 g/mol. The van der Waals surface area contributed by atoms with Gasteiger partial charge in [-0.25, -0.2) is 4.79 Å². The topological polar surface area (TPSA) is 52.6 Å². The van der Waals surface area contributed by atoms with Crippen molar-refractivity contribution < 1.29 is 19.1 Å². The summed E-state index contributed by atoms with van der Waals surface area (Å²) in [6.07, 6.45) is -0.446. The second-order valence-electron chi connectivity index (χ2n) is 2.68. The van der Waals surface area contributed by atoms with Gasteiger partial charge >= 0.3 is 11.9 Å². The number of rotatable bonds is 0. The first-order chi connectivity index (χ1) is 5.59. The Morgan fingerprint density at radius 2 is 2.17 bits per heavy atom. The van der Waals surface area contributed by atoms with E-state index in [1.807, 2.05) is 0 Å². The summed E-state index contributed by atoms with van der Waals surface area (Å²) in [4.78, 5) is 21.8. The van der Waals surface area contributed by atoms with E-state index >= 15 is 0 Å². The zero-order chi connectivity index (χ0) is 9.14. The fourth-order valence-corrected chi connectivity index (χ4v) is 0.842. The third-order valence-electron chi connectivity index (χ3n) is 1.43. The van der Waals surface area contributed by atoms with Gasteiger partial charge in [0.1, 0.15) is 12.7 Å². The molecule has 0 N–H and O–H groups in total. The van der Waals surface area contributed by atoms with Crippen LogP contribution in [-0.2, 0) is 19.1 Å². The predicted octanol–water partition coefficient (Wildman–Crippen LogP) is 0.421. The molecule has 0 bridgehead atoms. The van der Waals surface area contributed by atoms with Gasteiger partial charge < -0.3 is 9.47 Å². The maximum atomic E-state index is 10.9. The molecule has 1 atom stereocenters. The Hall–Kier alpha value is -1.32. The van der Waals surface area contributed by atoms with Crippen LogP contribution >= 0.6 is 0 Å². The fourth-order valence-electron chi connectivity index (χ4n) is 0.842. The van der Waals surface area contributed by atoms with Crippen molar-refractivity contribution in [2.45, 2.75) is 19.4 Å². The molecule has 12 heavy (non-hydrogen) atoms. The van der Waals surface area contributed by atoms with Crippen molar-refractivity contribution in [3.8, 4) is 0 Å². The average Bonchev–Trinajstić information content (AvgIpc) is 1.98. The van der Waals surface area contributed by atoms with Gasteiger partial charge in [0.05, 0.1) is 6.42 Å². The molecule has 1 unspecified atom stereocenters. The summed E-state index contributed by atoms with van der Waals surface area (Å²) in [5.74, 6) is -0.942. The zero-order valence-corrected chi connectivity index (χ0v) is 6.83. The van der Waals surface area contributed by atoms with Crippen LogP contribution < -0.4 is 0 Å². The lowest BCUT2D eigenvalue weighted by Gasteiger charge is -2.17. The first-order valence-corrected chi connectivity index (χ1v) is 3.64. The summed E-state index contributed by atoms with van der Waals surface area (Å²) >= 11 is 0. The minimum absolute atomic E-state index is 0.0802. The van der Waals surface area contributed by atoms with Gasteiger partial charge in [0.25, 0.3) is 0 Å². The van der Waals surface area contributed by atoms with Gasteiger partial charge in [-0.1, -0.05) is 6.58 Å². The van der Waals surface area contributed by atoms with Crippen molar-refractivity contribution in [3.05, 3.63) is 12.2 Å². The standard InChI is InChI=1S/C8H10O4/c1-5-3-7(9)12-6(2)4-11-8(5)10/h6H,1,3-4H2,2H3. The van der Waals surface area contributed by atoms with Gasteiger partial charge in [0.15, 0.2) is 0 Å². The molecule has 4 heteroatoms. The Morgan fingerprint density at radius 1 is 1.50 bits per heavy atom. The molecule has 1 saturated heterocycles. The lowest BCUT2D eigenvalue weighted by atomic mass is 10.2. The molecule has 0 aromatic rings. The Labute approximate surface area is 70.1 Å². The highest BCUT2D eigenvalue weighted by Gasteiger charge is 2.20. The van der Waals surface area contributed by atoms with Crippen molar-refractivity contribution in [1.82, 2.24) is 0 Å². The second kappa shape index (κ2) is 3.38. The molecule has 1 heterocycles. The second-order valence-corrected chi connectivity index (χ2v) is 2.68. The van der Waals surface area contributed by atoms with Crippen LogP contribution in [0.25, 0.3) is 0 Å². The molecule has 0 aromatic carbocycles. The molecular weight excluding hydrogens is 160 g/mol. The van der Waals surface area contributed by atoms with E-state index in [2.05, 4.69) is 6.58 Å². The molecule has 1 fully saturated rings. The Bertz CT molecular complexity index is 231. The first kappa shape index (κ1) is 8.77. The van der Waals surface area contributed by atoms with Crippen LogP contribution in [0.5, 0.6) is 0 Å². The normalized spacial score (nSPS) is 25.4. The van der Waals surface area contributed by atoms with Crippen molar-refractivity contribution in [3.63, 3.8) is 0 Å². The first-order valence-electron chi connectivity index (χ1n) is 3.64. The third kappa shape index (κ3) is 2.08. The van der Waals surface area contributed by atoms with Gasteiger partial charge in [0.2, 0.25) is 0 Å². The maximum Gasteiger partial charge on any atom is 0.334 e. The largest absolute Gasteiger partial charge is 0.459 e. The number of hydrogen-bond acceptors (Lipinski definition) is 4. The Kier molecular flexibility index (Phi) is 2.47. The van der Waals surface area contributed by atoms with E-state index in [0.717, 1.165) is 0 Å². The smallest absolute Gasteiger partial charge is 0.334 e. The molecular formula is C8H10O4. The highest BCUT2D eigenvalue weighted by molar-refractivity contribution is 5.93. The van der Waals surface area contributed by atoms with Gasteiger partial charge in [-0.3, -0.25) is 4.79 Å². The van der Waals surface area contributed by atoms with Gasteiger partial charge in [0, 0.05) is 5.57 Å². The Balaban J connectivity index is 2.65. The van der Waals surface area contributed by atoms with Crippen molar-refractivity contribution in [2.24, 2.45) is 0 Å². The van der Waals surface area contributed by atoms with E-state index in [9.17, 15) is 9.59 Å². The molecule has 0 amide bonds. The number of cyclic esters (lactones) is 2.